The normalized spacial score (nSPS) is 15.4. The largest absolute Gasteiger partial charge is 0.497 e. The van der Waals surface area contributed by atoms with Gasteiger partial charge in [-0.15, -0.1) is 0 Å². The van der Waals surface area contributed by atoms with Crippen molar-refractivity contribution in [3.8, 4) is 17.1 Å². The first-order valence-electron chi connectivity index (χ1n) is 23.3. The minimum atomic E-state index is 0.641. The Hall–Kier alpha value is -6.44. The van der Waals surface area contributed by atoms with Crippen molar-refractivity contribution in [1.29, 1.82) is 0 Å². The summed E-state index contributed by atoms with van der Waals surface area (Å²) in [6.07, 6.45) is 19.6. The lowest BCUT2D eigenvalue weighted by molar-refractivity contribution is 0.305. The van der Waals surface area contributed by atoms with Crippen molar-refractivity contribution in [3.63, 3.8) is 0 Å². The highest BCUT2D eigenvalue weighted by atomic mass is 16.5. The predicted octanol–water partition coefficient (Wildman–Crippen LogP) is 9.52. The molecule has 13 nitrogen and oxygen atoms in total. The maximum absolute atomic E-state index is 5.41. The summed E-state index contributed by atoms with van der Waals surface area (Å²) in [4.78, 5) is 33.1. The van der Waals surface area contributed by atoms with Crippen LogP contribution in [0.2, 0.25) is 0 Å². The first-order chi connectivity index (χ1) is 31.7. The molecule has 10 rings (SSSR count). The van der Waals surface area contributed by atoms with Gasteiger partial charge in [-0.25, -0.2) is 29.9 Å². The molecule has 0 bridgehead atoms. The van der Waals surface area contributed by atoms with Crippen LogP contribution in [-0.4, -0.2) is 83.1 Å². The number of hydrogen-bond donors (Lipinski definition) is 2. The van der Waals surface area contributed by atoms with Gasteiger partial charge in [0.25, 0.3) is 0 Å². The first kappa shape index (κ1) is 43.8. The lowest BCUT2D eigenvalue weighted by Crippen LogP contribution is -2.29. The number of fused-ring (bicyclic) bond motifs is 2. The summed E-state index contributed by atoms with van der Waals surface area (Å²) >= 11 is 0. The van der Waals surface area contributed by atoms with Gasteiger partial charge in [0.1, 0.15) is 17.4 Å². The fourth-order valence-electron chi connectivity index (χ4n) is 9.46. The summed E-state index contributed by atoms with van der Waals surface area (Å²) in [5, 5.41) is 6.89. The molecule has 0 spiro atoms. The van der Waals surface area contributed by atoms with Gasteiger partial charge in [0.15, 0.2) is 0 Å². The van der Waals surface area contributed by atoms with E-state index in [-0.39, 0.29) is 0 Å². The summed E-state index contributed by atoms with van der Waals surface area (Å²) in [5.74, 6) is 5.05. The second-order valence-electron chi connectivity index (χ2n) is 17.9. The molecule has 0 amide bonds. The standard InChI is InChI=1S/C26H28N6O.C26H34N6/c1-18-27-12-14-32(18)21-9-7-20(8-10-21)28-26-29-24-11-13-31(2)17-23(24)25(30-26)16-19-5-4-6-22(15-19)33-3;1-19-27-15-17-32(19)22-11-9-21(10-12-22)28-26-29-24(13-8-20-6-4-3-5-7-20)23-18-31(2)16-14-25(23)30-26/h4-10,12,14-15H,11,13,16-17H2,1-3H3,(H,28,29,30);9-12,15,17,20H,3-8,13-14,16,18H2,1-2H3,(H,28,29,30). The van der Waals surface area contributed by atoms with E-state index in [2.05, 4.69) is 102 Å². The Kier molecular flexibility index (Phi) is 13.6. The average Bonchev–Trinajstić information content (AvgIpc) is 3.97. The molecular formula is C52H62N12O. The highest BCUT2D eigenvalue weighted by molar-refractivity contribution is 5.58. The van der Waals surface area contributed by atoms with Gasteiger partial charge in [-0.1, -0.05) is 44.2 Å². The van der Waals surface area contributed by atoms with Crippen molar-refractivity contribution < 1.29 is 4.74 Å². The zero-order chi connectivity index (χ0) is 44.7. The number of anilines is 4. The Labute approximate surface area is 383 Å². The molecule has 6 heterocycles. The Balaban J connectivity index is 0.000000164. The van der Waals surface area contributed by atoms with Gasteiger partial charge in [-0.3, -0.25) is 0 Å². The van der Waals surface area contributed by atoms with Crippen LogP contribution < -0.4 is 15.4 Å². The number of aromatic nitrogens is 8. The Bertz CT molecular complexity index is 2680. The van der Waals surface area contributed by atoms with Gasteiger partial charge in [0.05, 0.1) is 29.9 Å². The molecule has 7 aromatic rings. The number of nitrogens with zero attached hydrogens (tertiary/aromatic N) is 10. The smallest absolute Gasteiger partial charge is 0.227 e. The van der Waals surface area contributed by atoms with Crippen LogP contribution in [0.5, 0.6) is 5.75 Å². The molecule has 0 saturated heterocycles. The fourth-order valence-corrected chi connectivity index (χ4v) is 9.46. The van der Waals surface area contributed by atoms with E-state index in [4.69, 9.17) is 24.7 Å². The van der Waals surface area contributed by atoms with Gasteiger partial charge in [-0.2, -0.15) is 0 Å². The number of methoxy groups -OCH3 is 1. The van der Waals surface area contributed by atoms with Crippen LogP contribution in [0.25, 0.3) is 11.4 Å². The third-order valence-electron chi connectivity index (χ3n) is 13.1. The van der Waals surface area contributed by atoms with Crippen LogP contribution in [-0.2, 0) is 38.8 Å². The fraction of sp³-hybridized carbons (Fsp3) is 0.385. The highest BCUT2D eigenvalue weighted by Crippen LogP contribution is 2.31. The molecule has 1 aliphatic carbocycles. The number of ether oxygens (including phenoxy) is 1. The van der Waals surface area contributed by atoms with E-state index in [9.17, 15) is 0 Å². The molecule has 3 aromatic carbocycles. The van der Waals surface area contributed by atoms with E-state index >= 15 is 0 Å². The molecule has 4 aromatic heterocycles. The van der Waals surface area contributed by atoms with Crippen molar-refractivity contribution in [2.24, 2.45) is 5.92 Å². The van der Waals surface area contributed by atoms with Crippen LogP contribution in [0.1, 0.15) is 89.6 Å². The zero-order valence-corrected chi connectivity index (χ0v) is 38.6. The molecule has 336 valence electrons. The second-order valence-corrected chi connectivity index (χ2v) is 17.9. The topological polar surface area (TPSA) is 127 Å². The maximum Gasteiger partial charge on any atom is 0.227 e. The van der Waals surface area contributed by atoms with Crippen LogP contribution in [0.3, 0.4) is 0 Å². The molecule has 2 N–H and O–H groups in total. The number of rotatable bonds is 12. The first-order valence-corrected chi connectivity index (χ1v) is 23.3. The lowest BCUT2D eigenvalue weighted by atomic mass is 9.85. The Morgan fingerprint density at radius 3 is 1.71 bits per heavy atom. The molecule has 13 heteroatoms. The minimum Gasteiger partial charge on any atom is -0.497 e. The third-order valence-corrected chi connectivity index (χ3v) is 13.1. The second kappa shape index (κ2) is 20.2. The molecule has 65 heavy (non-hydrogen) atoms. The van der Waals surface area contributed by atoms with Crippen molar-refractivity contribution in [2.45, 2.75) is 91.1 Å². The molecule has 1 fully saturated rings. The zero-order valence-electron chi connectivity index (χ0n) is 38.6. The van der Waals surface area contributed by atoms with E-state index in [1.807, 2.05) is 62.9 Å². The van der Waals surface area contributed by atoms with E-state index in [0.717, 1.165) is 115 Å². The van der Waals surface area contributed by atoms with Crippen LogP contribution >= 0.6 is 0 Å². The molecule has 3 aliphatic rings. The molecule has 0 radical (unpaired) electrons. The third kappa shape index (κ3) is 10.8. The summed E-state index contributed by atoms with van der Waals surface area (Å²) in [5.41, 5.74) is 12.6. The number of imidazole rings is 2. The SMILES string of the molecule is COc1cccc(Cc2nc(Nc3ccc(-n4ccnc4C)cc3)nc3c2CN(C)CC3)c1.Cc1nccn1-c1ccc(Nc2nc(CCC3CCCCC3)c3c(n2)CCN(C)C3)cc1. The molecule has 1 saturated carbocycles. The molecule has 2 aliphatic heterocycles. The van der Waals surface area contributed by atoms with Crippen molar-refractivity contribution in [3.05, 3.63) is 149 Å². The van der Waals surface area contributed by atoms with E-state index in [1.165, 1.54) is 66.6 Å². The molecule has 0 unspecified atom stereocenters. The predicted molar refractivity (Wildman–Crippen MR) is 258 cm³/mol. The average molecular weight is 871 g/mol. The summed E-state index contributed by atoms with van der Waals surface area (Å²) in [6, 6.07) is 24.8. The van der Waals surface area contributed by atoms with Gasteiger partial charge < -0.3 is 34.3 Å². The molecule has 0 atom stereocenters. The summed E-state index contributed by atoms with van der Waals surface area (Å²) in [7, 11) is 6.04. The van der Waals surface area contributed by atoms with Crippen molar-refractivity contribution in [2.75, 3.05) is 44.9 Å². The maximum atomic E-state index is 5.41. The van der Waals surface area contributed by atoms with Crippen molar-refractivity contribution >= 4 is 23.3 Å². The number of nitrogens with one attached hydrogen (secondary N) is 2. The van der Waals surface area contributed by atoms with Gasteiger partial charge >= 0.3 is 0 Å². The van der Waals surface area contributed by atoms with Gasteiger partial charge in [0.2, 0.25) is 11.9 Å². The summed E-state index contributed by atoms with van der Waals surface area (Å²) in [6.45, 7) is 7.90. The van der Waals surface area contributed by atoms with E-state index in [1.54, 1.807) is 7.11 Å². The Morgan fingerprint density at radius 1 is 0.646 bits per heavy atom. The molecular weight excluding hydrogens is 809 g/mol. The van der Waals surface area contributed by atoms with Crippen LogP contribution in [0, 0.1) is 19.8 Å². The van der Waals surface area contributed by atoms with Crippen LogP contribution in [0.4, 0.5) is 23.3 Å². The number of aryl methyl sites for hydroxylation is 3. The van der Waals surface area contributed by atoms with Gasteiger partial charge in [-0.05, 0) is 113 Å². The number of hydrogen-bond acceptors (Lipinski definition) is 11. The minimum absolute atomic E-state index is 0.641. The number of benzene rings is 3. The number of likely N-dealkylation sites (N-methyl/N-ethyl adjacent to an activating group) is 2. The van der Waals surface area contributed by atoms with E-state index < -0.39 is 0 Å². The van der Waals surface area contributed by atoms with Crippen molar-refractivity contribution in [1.82, 2.24) is 48.8 Å². The van der Waals surface area contributed by atoms with E-state index in [0.29, 0.717) is 5.95 Å². The lowest BCUT2D eigenvalue weighted by Gasteiger charge is -2.27. The quantitative estimate of drug-likeness (QED) is 0.122. The highest BCUT2D eigenvalue weighted by Gasteiger charge is 2.23. The Morgan fingerprint density at radius 2 is 1.18 bits per heavy atom. The monoisotopic (exact) mass is 871 g/mol. The summed E-state index contributed by atoms with van der Waals surface area (Å²) < 4.78 is 9.55. The van der Waals surface area contributed by atoms with Gasteiger partial charge in [0, 0.05) is 104 Å². The van der Waals surface area contributed by atoms with Crippen LogP contribution in [0.15, 0.2) is 97.6 Å².